The van der Waals surface area contributed by atoms with Crippen molar-refractivity contribution in [2.45, 2.75) is 26.0 Å². The lowest BCUT2D eigenvalue weighted by Crippen LogP contribution is -2.25. The van der Waals surface area contributed by atoms with E-state index in [-0.39, 0.29) is 10.8 Å². The predicted octanol–water partition coefficient (Wildman–Crippen LogP) is 1.73. The van der Waals surface area contributed by atoms with Crippen molar-refractivity contribution in [1.82, 2.24) is 0 Å². The normalized spacial score (nSPS) is 15.2. The third kappa shape index (κ3) is 2.00. The summed E-state index contributed by atoms with van der Waals surface area (Å²) in [4.78, 5) is 0. The molecule has 2 unspecified atom stereocenters. The lowest BCUT2D eigenvalue weighted by atomic mass is 9.98. The lowest BCUT2D eigenvalue weighted by Gasteiger charge is -2.19. The predicted molar refractivity (Wildman–Crippen MR) is 56.5 cm³/mol. The number of nitrogens with two attached hydrogens (primary N) is 1. The highest BCUT2D eigenvalue weighted by atomic mass is 35.5. The first-order chi connectivity index (χ1) is 6.45. The highest BCUT2D eigenvalue weighted by Crippen LogP contribution is 2.34. The molecule has 1 rings (SSSR count). The minimum atomic E-state index is -0.895. The molecule has 0 aliphatic carbocycles. The fourth-order valence-corrected chi connectivity index (χ4v) is 1.48. The summed E-state index contributed by atoms with van der Waals surface area (Å²) >= 11 is 5.73. The van der Waals surface area contributed by atoms with Gasteiger partial charge in [-0.05, 0) is 25.5 Å². The molecule has 0 fully saturated rings. The molecule has 4 N–H and O–H groups in total. The van der Waals surface area contributed by atoms with E-state index in [4.69, 9.17) is 17.3 Å². The van der Waals surface area contributed by atoms with Crippen LogP contribution in [0.1, 0.15) is 24.2 Å². The van der Waals surface area contributed by atoms with Crippen LogP contribution >= 0.6 is 11.6 Å². The maximum Gasteiger partial charge on any atom is 0.140 e. The van der Waals surface area contributed by atoms with Crippen LogP contribution in [0.15, 0.2) is 12.1 Å². The summed E-state index contributed by atoms with van der Waals surface area (Å²) in [6, 6.07) is 2.88. The zero-order chi connectivity index (χ0) is 10.9. The number of halogens is 1. The van der Waals surface area contributed by atoms with Crippen LogP contribution in [0, 0.1) is 6.92 Å². The molecule has 1 aromatic carbocycles. The number of rotatable bonds is 2. The number of phenolic OH excluding ortho intramolecular Hbond substituents is 1. The van der Waals surface area contributed by atoms with Crippen LogP contribution in [-0.2, 0) is 0 Å². The van der Waals surface area contributed by atoms with Crippen LogP contribution in [0.25, 0.3) is 0 Å². The van der Waals surface area contributed by atoms with E-state index in [1.165, 1.54) is 0 Å². The molecule has 0 saturated heterocycles. The molecule has 0 heterocycles. The SMILES string of the molecule is Cc1ccc(Cl)c(O)c1C(O)C(C)N. The monoisotopic (exact) mass is 215 g/mol. The van der Waals surface area contributed by atoms with E-state index >= 15 is 0 Å². The second-order valence-electron chi connectivity index (χ2n) is 3.43. The molecular weight excluding hydrogens is 202 g/mol. The highest BCUT2D eigenvalue weighted by molar-refractivity contribution is 6.32. The molecule has 78 valence electrons. The van der Waals surface area contributed by atoms with Crippen molar-refractivity contribution in [3.05, 3.63) is 28.3 Å². The zero-order valence-electron chi connectivity index (χ0n) is 8.16. The Hall–Kier alpha value is -0.770. The van der Waals surface area contributed by atoms with Gasteiger partial charge in [-0.2, -0.15) is 0 Å². The molecule has 4 heteroatoms. The number of aryl methyl sites for hydroxylation is 1. The number of aliphatic hydroxyl groups is 1. The molecule has 3 nitrogen and oxygen atoms in total. The van der Waals surface area contributed by atoms with Crippen LogP contribution in [0.3, 0.4) is 0 Å². The van der Waals surface area contributed by atoms with Gasteiger partial charge in [0.1, 0.15) is 5.75 Å². The number of benzene rings is 1. The first-order valence-electron chi connectivity index (χ1n) is 4.36. The third-order valence-corrected chi connectivity index (χ3v) is 2.48. The molecule has 14 heavy (non-hydrogen) atoms. The van der Waals surface area contributed by atoms with Crippen molar-refractivity contribution in [3.8, 4) is 5.75 Å². The molecule has 0 spiro atoms. The van der Waals surface area contributed by atoms with Crippen LogP contribution < -0.4 is 5.73 Å². The Morgan fingerprint density at radius 2 is 2.00 bits per heavy atom. The summed E-state index contributed by atoms with van der Waals surface area (Å²) in [6.45, 7) is 3.46. The summed E-state index contributed by atoms with van der Waals surface area (Å²) in [5.41, 5.74) is 6.74. The van der Waals surface area contributed by atoms with Gasteiger partial charge in [0.25, 0.3) is 0 Å². The Morgan fingerprint density at radius 1 is 1.43 bits per heavy atom. The number of hydrogen-bond acceptors (Lipinski definition) is 3. The quantitative estimate of drug-likeness (QED) is 0.704. The molecule has 0 aliphatic heterocycles. The van der Waals surface area contributed by atoms with Gasteiger partial charge in [0, 0.05) is 11.6 Å². The summed E-state index contributed by atoms with van der Waals surface area (Å²) in [5, 5.41) is 19.6. The van der Waals surface area contributed by atoms with Gasteiger partial charge in [0.05, 0.1) is 11.1 Å². The first-order valence-corrected chi connectivity index (χ1v) is 4.74. The molecular formula is C10H14ClNO2. The van der Waals surface area contributed by atoms with E-state index in [9.17, 15) is 10.2 Å². The van der Waals surface area contributed by atoms with Crippen molar-refractivity contribution < 1.29 is 10.2 Å². The van der Waals surface area contributed by atoms with Gasteiger partial charge in [0.2, 0.25) is 0 Å². The Bertz CT molecular complexity index is 339. The fourth-order valence-electron chi connectivity index (χ4n) is 1.32. The smallest absolute Gasteiger partial charge is 0.140 e. The van der Waals surface area contributed by atoms with Gasteiger partial charge in [-0.1, -0.05) is 17.7 Å². The maximum atomic E-state index is 9.74. The molecule has 0 saturated carbocycles. The van der Waals surface area contributed by atoms with Crippen LogP contribution in [-0.4, -0.2) is 16.3 Å². The summed E-state index contributed by atoms with van der Waals surface area (Å²) in [6.07, 6.45) is -0.895. The van der Waals surface area contributed by atoms with Crippen molar-refractivity contribution in [2.75, 3.05) is 0 Å². The zero-order valence-corrected chi connectivity index (χ0v) is 8.92. The summed E-state index contributed by atoms with van der Waals surface area (Å²) in [7, 11) is 0. The molecule has 0 radical (unpaired) electrons. The largest absolute Gasteiger partial charge is 0.506 e. The molecule has 0 aliphatic rings. The van der Waals surface area contributed by atoms with E-state index < -0.39 is 12.1 Å². The molecule has 2 atom stereocenters. The molecule has 0 bridgehead atoms. The average molecular weight is 216 g/mol. The first kappa shape index (κ1) is 11.3. The second kappa shape index (κ2) is 4.17. The highest BCUT2D eigenvalue weighted by Gasteiger charge is 2.20. The Labute approximate surface area is 88.1 Å². The Morgan fingerprint density at radius 3 is 2.50 bits per heavy atom. The number of phenols is 1. The van der Waals surface area contributed by atoms with E-state index in [1.807, 2.05) is 0 Å². The topological polar surface area (TPSA) is 66.5 Å². The number of aromatic hydroxyl groups is 1. The third-order valence-electron chi connectivity index (χ3n) is 2.18. The molecule has 0 amide bonds. The van der Waals surface area contributed by atoms with E-state index in [2.05, 4.69) is 0 Å². The minimum absolute atomic E-state index is 0.0866. The number of aliphatic hydroxyl groups excluding tert-OH is 1. The second-order valence-corrected chi connectivity index (χ2v) is 3.84. The van der Waals surface area contributed by atoms with Crippen LogP contribution in [0.2, 0.25) is 5.02 Å². The van der Waals surface area contributed by atoms with Crippen molar-refractivity contribution in [1.29, 1.82) is 0 Å². The fraction of sp³-hybridized carbons (Fsp3) is 0.400. The van der Waals surface area contributed by atoms with E-state index in [0.717, 1.165) is 5.56 Å². The van der Waals surface area contributed by atoms with Gasteiger partial charge >= 0.3 is 0 Å². The van der Waals surface area contributed by atoms with Gasteiger partial charge in [-0.3, -0.25) is 0 Å². The lowest BCUT2D eigenvalue weighted by molar-refractivity contribution is 0.149. The number of hydrogen-bond donors (Lipinski definition) is 3. The van der Waals surface area contributed by atoms with Crippen LogP contribution in [0.5, 0.6) is 5.75 Å². The Kier molecular flexibility index (Phi) is 3.37. The van der Waals surface area contributed by atoms with Gasteiger partial charge in [0.15, 0.2) is 0 Å². The Balaban J connectivity index is 3.25. The van der Waals surface area contributed by atoms with Crippen molar-refractivity contribution >= 4 is 11.6 Å². The van der Waals surface area contributed by atoms with E-state index in [0.29, 0.717) is 5.56 Å². The van der Waals surface area contributed by atoms with Gasteiger partial charge < -0.3 is 15.9 Å². The van der Waals surface area contributed by atoms with Crippen LogP contribution in [0.4, 0.5) is 0 Å². The average Bonchev–Trinajstić information content (AvgIpc) is 2.12. The maximum absolute atomic E-state index is 9.74. The molecule has 0 aromatic heterocycles. The van der Waals surface area contributed by atoms with Crippen molar-refractivity contribution in [3.63, 3.8) is 0 Å². The van der Waals surface area contributed by atoms with Gasteiger partial charge in [-0.15, -0.1) is 0 Å². The van der Waals surface area contributed by atoms with Gasteiger partial charge in [-0.25, -0.2) is 0 Å². The molecule has 1 aromatic rings. The van der Waals surface area contributed by atoms with E-state index in [1.54, 1.807) is 26.0 Å². The standard InChI is InChI=1S/C10H14ClNO2/c1-5-3-4-7(11)10(14)8(5)9(13)6(2)12/h3-4,6,9,13-14H,12H2,1-2H3. The summed E-state index contributed by atoms with van der Waals surface area (Å²) < 4.78 is 0. The minimum Gasteiger partial charge on any atom is -0.506 e. The summed E-state index contributed by atoms with van der Waals surface area (Å²) in [5.74, 6) is -0.0866. The van der Waals surface area contributed by atoms with Crippen molar-refractivity contribution in [2.24, 2.45) is 5.73 Å².